The minimum Gasteiger partial charge on any atom is -0.497 e. The maximum absolute atomic E-state index is 12.5. The molecule has 1 aliphatic carbocycles. The van der Waals surface area contributed by atoms with Crippen LogP contribution in [0.1, 0.15) is 36.3 Å². The van der Waals surface area contributed by atoms with Gasteiger partial charge in [-0.15, -0.1) is 0 Å². The second-order valence-electron chi connectivity index (χ2n) is 6.06. The van der Waals surface area contributed by atoms with Crippen LogP contribution in [0.3, 0.4) is 0 Å². The van der Waals surface area contributed by atoms with Crippen LogP contribution in [0.4, 0.5) is 0 Å². The molecule has 0 unspecified atom stereocenters. The Kier molecular flexibility index (Phi) is 4.57. The van der Waals surface area contributed by atoms with Crippen LogP contribution < -0.4 is 4.74 Å². The summed E-state index contributed by atoms with van der Waals surface area (Å²) in [6, 6.07) is 18.5. The van der Waals surface area contributed by atoms with E-state index in [2.05, 4.69) is 24.3 Å². The zero-order valence-corrected chi connectivity index (χ0v) is 13.0. The molecule has 1 fully saturated rings. The predicted molar refractivity (Wildman–Crippen MR) is 88.2 cm³/mol. The van der Waals surface area contributed by atoms with Crippen LogP contribution in [-0.4, -0.2) is 12.9 Å². The van der Waals surface area contributed by atoms with Crippen molar-refractivity contribution in [2.45, 2.75) is 31.6 Å². The van der Waals surface area contributed by atoms with Crippen molar-refractivity contribution in [3.63, 3.8) is 0 Å². The Labute approximate surface area is 132 Å². The molecule has 1 aliphatic rings. The zero-order chi connectivity index (χ0) is 15.4. The van der Waals surface area contributed by atoms with Gasteiger partial charge in [-0.2, -0.15) is 0 Å². The van der Waals surface area contributed by atoms with E-state index in [9.17, 15) is 4.79 Å². The van der Waals surface area contributed by atoms with Gasteiger partial charge in [-0.3, -0.25) is 4.79 Å². The molecule has 2 nitrogen and oxygen atoms in total. The first-order valence-electron chi connectivity index (χ1n) is 7.98. The largest absolute Gasteiger partial charge is 0.497 e. The maximum Gasteiger partial charge on any atom is 0.140 e. The highest BCUT2D eigenvalue weighted by atomic mass is 16.5. The molecule has 2 heteroatoms. The summed E-state index contributed by atoms with van der Waals surface area (Å²) in [4.78, 5) is 12.5. The molecule has 0 aromatic heterocycles. The third-order valence-electron chi connectivity index (χ3n) is 4.63. The number of carbonyl (C=O) groups excluding carboxylic acids is 1. The fourth-order valence-corrected chi connectivity index (χ4v) is 3.53. The molecule has 0 saturated heterocycles. The van der Waals surface area contributed by atoms with Crippen LogP contribution in [0.25, 0.3) is 0 Å². The molecule has 0 spiro atoms. The van der Waals surface area contributed by atoms with Gasteiger partial charge in [0.25, 0.3) is 0 Å². The molecular formula is C20H22O2. The van der Waals surface area contributed by atoms with Crippen LogP contribution in [0, 0.1) is 5.92 Å². The first-order valence-corrected chi connectivity index (χ1v) is 7.98. The standard InChI is InChI=1S/C20H22O2/c1-22-18-12-10-16(11-13-18)20-17(8-5-9-19(20)21)14-15-6-3-2-4-7-15/h2-4,6-7,10-13,17,20H,5,8-9,14H2,1H3/t17-,20-/m0/s1. The number of benzene rings is 2. The van der Waals surface area contributed by atoms with E-state index in [1.54, 1.807) is 7.11 Å². The molecule has 2 aromatic rings. The van der Waals surface area contributed by atoms with Gasteiger partial charge in [-0.1, -0.05) is 42.5 Å². The van der Waals surface area contributed by atoms with Crippen LogP contribution in [0.2, 0.25) is 0 Å². The second-order valence-corrected chi connectivity index (χ2v) is 6.06. The van der Waals surface area contributed by atoms with Gasteiger partial charge in [0.1, 0.15) is 11.5 Å². The van der Waals surface area contributed by atoms with Gasteiger partial charge in [0.05, 0.1) is 7.11 Å². The maximum atomic E-state index is 12.5. The van der Waals surface area contributed by atoms with Gasteiger partial charge >= 0.3 is 0 Å². The molecule has 3 rings (SSSR count). The summed E-state index contributed by atoms with van der Waals surface area (Å²) in [5.74, 6) is 1.65. The van der Waals surface area contributed by atoms with E-state index in [0.29, 0.717) is 18.1 Å². The van der Waals surface area contributed by atoms with E-state index in [4.69, 9.17) is 4.74 Å². The lowest BCUT2D eigenvalue weighted by Gasteiger charge is -2.31. The Bertz CT molecular complexity index is 616. The van der Waals surface area contributed by atoms with E-state index in [-0.39, 0.29) is 5.92 Å². The van der Waals surface area contributed by atoms with Crippen LogP contribution in [-0.2, 0) is 11.2 Å². The molecule has 0 heterocycles. The van der Waals surface area contributed by atoms with Crippen LogP contribution in [0.5, 0.6) is 5.75 Å². The average Bonchev–Trinajstić information content (AvgIpc) is 2.56. The number of carbonyl (C=O) groups is 1. The van der Waals surface area contributed by atoms with Gasteiger partial charge in [0, 0.05) is 12.3 Å². The lowest BCUT2D eigenvalue weighted by Crippen LogP contribution is -2.28. The molecule has 114 valence electrons. The number of hydrogen-bond donors (Lipinski definition) is 0. The van der Waals surface area contributed by atoms with E-state index < -0.39 is 0 Å². The van der Waals surface area contributed by atoms with Gasteiger partial charge in [0.15, 0.2) is 0 Å². The van der Waals surface area contributed by atoms with Crippen molar-refractivity contribution in [1.29, 1.82) is 0 Å². The number of rotatable bonds is 4. The van der Waals surface area contributed by atoms with E-state index in [1.807, 2.05) is 30.3 Å². The third kappa shape index (κ3) is 3.22. The number of ether oxygens (including phenoxy) is 1. The lowest BCUT2D eigenvalue weighted by atomic mass is 9.72. The first-order chi connectivity index (χ1) is 10.8. The monoisotopic (exact) mass is 294 g/mol. The minimum absolute atomic E-state index is 0.0277. The minimum atomic E-state index is 0.0277. The Hall–Kier alpha value is -2.09. The van der Waals surface area contributed by atoms with E-state index in [1.165, 1.54) is 5.56 Å². The Morgan fingerprint density at radius 2 is 1.77 bits per heavy atom. The van der Waals surface area contributed by atoms with Crippen molar-refractivity contribution in [2.75, 3.05) is 7.11 Å². The first kappa shape index (κ1) is 14.8. The highest BCUT2D eigenvalue weighted by Crippen LogP contribution is 2.37. The van der Waals surface area contributed by atoms with Gasteiger partial charge < -0.3 is 4.74 Å². The average molecular weight is 294 g/mol. The molecule has 0 bridgehead atoms. The summed E-state index contributed by atoms with van der Waals surface area (Å²) < 4.78 is 5.22. The predicted octanol–water partition coefficient (Wildman–Crippen LogP) is 4.39. The fraction of sp³-hybridized carbons (Fsp3) is 0.350. The molecule has 2 atom stereocenters. The van der Waals surface area contributed by atoms with Crippen molar-refractivity contribution in [2.24, 2.45) is 5.92 Å². The highest BCUT2D eigenvalue weighted by molar-refractivity contribution is 5.86. The molecule has 0 radical (unpaired) electrons. The van der Waals surface area contributed by atoms with Crippen molar-refractivity contribution in [3.05, 3.63) is 65.7 Å². The Morgan fingerprint density at radius 3 is 2.45 bits per heavy atom. The van der Waals surface area contributed by atoms with Crippen molar-refractivity contribution in [1.82, 2.24) is 0 Å². The summed E-state index contributed by atoms with van der Waals surface area (Å²) >= 11 is 0. The molecule has 2 aromatic carbocycles. The second kappa shape index (κ2) is 6.78. The summed E-state index contributed by atoms with van der Waals surface area (Å²) in [6.07, 6.45) is 3.82. The quantitative estimate of drug-likeness (QED) is 0.836. The number of methoxy groups -OCH3 is 1. The van der Waals surface area contributed by atoms with E-state index >= 15 is 0 Å². The topological polar surface area (TPSA) is 26.3 Å². The molecule has 0 amide bonds. The molecule has 22 heavy (non-hydrogen) atoms. The zero-order valence-electron chi connectivity index (χ0n) is 13.0. The summed E-state index contributed by atoms with van der Waals surface area (Å²) in [6.45, 7) is 0. The van der Waals surface area contributed by atoms with Crippen molar-refractivity contribution in [3.8, 4) is 5.75 Å². The van der Waals surface area contributed by atoms with E-state index in [0.717, 1.165) is 30.6 Å². The lowest BCUT2D eigenvalue weighted by molar-refractivity contribution is -0.123. The summed E-state index contributed by atoms with van der Waals surface area (Å²) in [7, 11) is 1.67. The Morgan fingerprint density at radius 1 is 1.05 bits per heavy atom. The highest BCUT2D eigenvalue weighted by Gasteiger charge is 2.32. The molecule has 1 saturated carbocycles. The molecule has 0 aliphatic heterocycles. The summed E-state index contributed by atoms with van der Waals surface area (Å²) in [5, 5.41) is 0. The van der Waals surface area contributed by atoms with Crippen molar-refractivity contribution < 1.29 is 9.53 Å². The van der Waals surface area contributed by atoms with Crippen molar-refractivity contribution >= 4 is 5.78 Å². The number of Topliss-reactive ketones (excluding diaryl/α,β-unsaturated/α-hetero) is 1. The normalized spacial score (nSPS) is 21.6. The van der Waals surface area contributed by atoms with Gasteiger partial charge in [-0.25, -0.2) is 0 Å². The molecular weight excluding hydrogens is 272 g/mol. The SMILES string of the molecule is COc1ccc([C@@H]2C(=O)CCC[C@H]2Cc2ccccc2)cc1. The smallest absolute Gasteiger partial charge is 0.140 e. The Balaban J connectivity index is 1.84. The fourth-order valence-electron chi connectivity index (χ4n) is 3.53. The van der Waals surface area contributed by atoms with Gasteiger partial charge in [-0.05, 0) is 48.4 Å². The van der Waals surface area contributed by atoms with Crippen LogP contribution >= 0.6 is 0 Å². The third-order valence-corrected chi connectivity index (χ3v) is 4.63. The van der Waals surface area contributed by atoms with Gasteiger partial charge in [0.2, 0.25) is 0 Å². The van der Waals surface area contributed by atoms with Crippen LogP contribution in [0.15, 0.2) is 54.6 Å². The number of ketones is 1. The molecule has 0 N–H and O–H groups in total. The number of hydrogen-bond acceptors (Lipinski definition) is 2. The summed E-state index contributed by atoms with van der Waals surface area (Å²) in [5.41, 5.74) is 2.45.